The second kappa shape index (κ2) is 9.84. The van der Waals surface area contributed by atoms with Crippen molar-refractivity contribution in [3.8, 4) is 0 Å². The molecule has 2 rings (SSSR count). The maximum atomic E-state index is 6.26. The van der Waals surface area contributed by atoms with E-state index in [-0.39, 0.29) is 0 Å². The van der Waals surface area contributed by atoms with Crippen LogP contribution >= 0.6 is 11.6 Å². The molecular weight excluding hydrogens is 336 g/mol. The lowest BCUT2D eigenvalue weighted by Gasteiger charge is -2.22. The van der Waals surface area contributed by atoms with E-state index in [2.05, 4.69) is 33.9 Å². The van der Waals surface area contributed by atoms with Crippen LogP contribution in [0.15, 0.2) is 48.2 Å². The highest BCUT2D eigenvalue weighted by Gasteiger charge is 2.09. The highest BCUT2D eigenvalue weighted by Crippen LogP contribution is 2.16. The topological polar surface area (TPSA) is 58.3 Å². The van der Waals surface area contributed by atoms with Gasteiger partial charge in [0, 0.05) is 38.1 Å². The van der Waals surface area contributed by atoms with Gasteiger partial charge in [-0.15, -0.1) is 16.8 Å². The van der Waals surface area contributed by atoms with Gasteiger partial charge in [-0.2, -0.15) is 0 Å². The zero-order chi connectivity index (χ0) is 18.1. The second-order valence-corrected chi connectivity index (χ2v) is 6.02. The molecule has 1 aromatic heterocycles. The average Bonchev–Trinajstić information content (AvgIpc) is 3.07. The molecule has 0 aliphatic rings. The molecule has 0 spiro atoms. The molecule has 0 unspecified atom stereocenters. The average molecular weight is 361 g/mol. The lowest BCUT2D eigenvalue weighted by atomic mass is 10.2. The number of hydrogen-bond donors (Lipinski definition) is 1. The van der Waals surface area contributed by atoms with Gasteiger partial charge in [-0.3, -0.25) is 4.99 Å². The highest BCUT2D eigenvalue weighted by atomic mass is 35.5. The summed E-state index contributed by atoms with van der Waals surface area (Å²) in [5.41, 5.74) is 1.06. The molecule has 0 saturated heterocycles. The summed E-state index contributed by atoms with van der Waals surface area (Å²) in [5.74, 6) is 1.78. The third kappa shape index (κ3) is 5.60. The minimum absolute atomic E-state index is 0.636. The number of aromatic nitrogens is 3. The van der Waals surface area contributed by atoms with Gasteiger partial charge in [0.15, 0.2) is 5.96 Å². The van der Waals surface area contributed by atoms with Crippen LogP contribution in [0.2, 0.25) is 5.02 Å². The minimum Gasteiger partial charge on any atom is -0.353 e. The predicted molar refractivity (Wildman–Crippen MR) is 103 cm³/mol. The van der Waals surface area contributed by atoms with E-state index in [0.29, 0.717) is 19.6 Å². The Balaban J connectivity index is 2.03. The van der Waals surface area contributed by atoms with Crippen LogP contribution in [0.25, 0.3) is 0 Å². The van der Waals surface area contributed by atoms with Gasteiger partial charge in [-0.25, -0.2) is 0 Å². The van der Waals surface area contributed by atoms with Gasteiger partial charge < -0.3 is 14.8 Å². The Bertz CT molecular complexity index is 709. The van der Waals surface area contributed by atoms with Crippen LogP contribution in [0.4, 0.5) is 0 Å². The number of rotatable bonds is 8. The highest BCUT2D eigenvalue weighted by molar-refractivity contribution is 6.31. The van der Waals surface area contributed by atoms with Gasteiger partial charge >= 0.3 is 0 Å². The van der Waals surface area contributed by atoms with Crippen LogP contribution in [0, 0.1) is 0 Å². The summed E-state index contributed by atoms with van der Waals surface area (Å²) in [6, 6.07) is 7.84. The Hall–Kier alpha value is -2.34. The number of aliphatic imine (C=N–C) groups is 1. The van der Waals surface area contributed by atoms with Gasteiger partial charge in [-0.1, -0.05) is 42.8 Å². The molecule has 0 radical (unpaired) electrons. The number of benzene rings is 1. The summed E-state index contributed by atoms with van der Waals surface area (Å²) in [7, 11) is 1.99. The fourth-order valence-corrected chi connectivity index (χ4v) is 2.63. The zero-order valence-corrected chi connectivity index (χ0v) is 15.6. The van der Waals surface area contributed by atoms with E-state index < -0.39 is 0 Å². The molecular formula is C18H25ClN6. The summed E-state index contributed by atoms with van der Waals surface area (Å²) in [6.45, 7) is 8.53. The first-order valence-corrected chi connectivity index (χ1v) is 8.74. The number of guanidine groups is 1. The lowest BCUT2D eigenvalue weighted by Crippen LogP contribution is -2.39. The number of halogens is 1. The minimum atomic E-state index is 0.636. The van der Waals surface area contributed by atoms with E-state index in [9.17, 15) is 0 Å². The van der Waals surface area contributed by atoms with E-state index in [0.717, 1.165) is 35.3 Å². The van der Waals surface area contributed by atoms with Gasteiger partial charge in [-0.05, 0) is 11.6 Å². The van der Waals surface area contributed by atoms with Crippen molar-refractivity contribution in [3.63, 3.8) is 0 Å². The summed E-state index contributed by atoms with van der Waals surface area (Å²) in [6.07, 6.45) is 4.42. The van der Waals surface area contributed by atoms with Crippen molar-refractivity contribution in [3.05, 3.63) is 59.7 Å². The van der Waals surface area contributed by atoms with E-state index >= 15 is 0 Å². The van der Waals surface area contributed by atoms with Crippen molar-refractivity contribution in [1.29, 1.82) is 0 Å². The zero-order valence-electron chi connectivity index (χ0n) is 14.8. The summed E-state index contributed by atoms with van der Waals surface area (Å²) in [4.78, 5) is 6.75. The summed E-state index contributed by atoms with van der Waals surface area (Å²) >= 11 is 6.26. The number of hydrogen-bond acceptors (Lipinski definition) is 3. The fraction of sp³-hybridized carbons (Fsp3) is 0.389. The Morgan fingerprint density at radius 2 is 2.24 bits per heavy atom. The monoisotopic (exact) mass is 360 g/mol. The van der Waals surface area contributed by atoms with E-state index in [4.69, 9.17) is 16.6 Å². The molecule has 7 heteroatoms. The van der Waals surface area contributed by atoms with Gasteiger partial charge in [0.1, 0.15) is 12.2 Å². The van der Waals surface area contributed by atoms with E-state index in [1.165, 1.54) is 0 Å². The van der Waals surface area contributed by atoms with Crippen LogP contribution in [0.5, 0.6) is 0 Å². The standard InChI is InChI=1S/C18H25ClN6/c1-4-10-20-18(21-11-12-25-14-22-23-17(25)5-2)24(3)13-15-8-6-7-9-16(15)19/h4,6-9,14H,1,5,10-13H2,2-3H3,(H,20,21). The third-order valence-electron chi connectivity index (χ3n) is 3.75. The molecule has 1 heterocycles. The van der Waals surface area contributed by atoms with Crippen LogP contribution in [-0.4, -0.2) is 45.8 Å². The third-order valence-corrected chi connectivity index (χ3v) is 4.11. The van der Waals surface area contributed by atoms with E-state index in [1.54, 1.807) is 6.33 Å². The van der Waals surface area contributed by atoms with Crippen molar-refractivity contribution in [2.75, 3.05) is 20.1 Å². The van der Waals surface area contributed by atoms with Gasteiger partial charge in [0.05, 0.1) is 6.54 Å². The van der Waals surface area contributed by atoms with Gasteiger partial charge in [0.2, 0.25) is 0 Å². The molecule has 134 valence electrons. The largest absolute Gasteiger partial charge is 0.353 e. The molecule has 0 aliphatic heterocycles. The number of aryl methyl sites for hydroxylation is 1. The molecule has 1 N–H and O–H groups in total. The quantitative estimate of drug-likeness (QED) is 0.447. The first-order chi connectivity index (χ1) is 12.2. The molecule has 0 bridgehead atoms. The summed E-state index contributed by atoms with van der Waals surface area (Å²) in [5, 5.41) is 12.1. The second-order valence-electron chi connectivity index (χ2n) is 5.62. The molecule has 1 aromatic carbocycles. The molecule has 0 atom stereocenters. The molecule has 0 saturated carbocycles. The van der Waals surface area contributed by atoms with Crippen LogP contribution < -0.4 is 5.32 Å². The Kier molecular flexibility index (Phi) is 7.47. The van der Waals surface area contributed by atoms with Gasteiger partial charge in [0.25, 0.3) is 0 Å². The van der Waals surface area contributed by atoms with Crippen molar-refractivity contribution in [1.82, 2.24) is 25.0 Å². The fourth-order valence-electron chi connectivity index (χ4n) is 2.44. The first-order valence-electron chi connectivity index (χ1n) is 8.36. The number of nitrogens with zero attached hydrogens (tertiary/aromatic N) is 5. The Morgan fingerprint density at radius 3 is 2.96 bits per heavy atom. The van der Waals surface area contributed by atoms with Crippen LogP contribution in [0.3, 0.4) is 0 Å². The van der Waals surface area contributed by atoms with E-state index in [1.807, 2.05) is 42.0 Å². The van der Waals surface area contributed by atoms with Crippen molar-refractivity contribution in [2.45, 2.75) is 26.4 Å². The molecule has 0 aliphatic carbocycles. The lowest BCUT2D eigenvalue weighted by molar-refractivity contribution is 0.477. The smallest absolute Gasteiger partial charge is 0.194 e. The summed E-state index contributed by atoms with van der Waals surface area (Å²) < 4.78 is 2.03. The van der Waals surface area contributed by atoms with Crippen molar-refractivity contribution < 1.29 is 0 Å². The molecule has 2 aromatic rings. The molecule has 6 nitrogen and oxygen atoms in total. The van der Waals surface area contributed by atoms with Crippen LogP contribution in [0.1, 0.15) is 18.3 Å². The number of nitrogens with one attached hydrogen (secondary N) is 1. The SMILES string of the molecule is C=CCNC(=NCCn1cnnc1CC)N(C)Cc1ccccc1Cl. The maximum Gasteiger partial charge on any atom is 0.194 e. The maximum absolute atomic E-state index is 6.26. The van der Waals surface area contributed by atoms with Crippen molar-refractivity contribution in [2.24, 2.45) is 4.99 Å². The van der Waals surface area contributed by atoms with Crippen LogP contribution in [-0.2, 0) is 19.5 Å². The molecule has 0 fully saturated rings. The normalized spacial score (nSPS) is 11.4. The first kappa shape index (κ1) is 19.0. The Morgan fingerprint density at radius 1 is 1.44 bits per heavy atom. The molecule has 25 heavy (non-hydrogen) atoms. The van der Waals surface area contributed by atoms with Crippen molar-refractivity contribution >= 4 is 17.6 Å². The predicted octanol–water partition coefficient (Wildman–Crippen LogP) is 2.76. The molecule has 0 amide bonds. The Labute approximate surface area is 154 Å².